The van der Waals surface area contributed by atoms with Crippen LogP contribution < -0.4 is 5.32 Å². The summed E-state index contributed by atoms with van der Waals surface area (Å²) in [6.07, 6.45) is 3.49. The number of piperidine rings is 1. The quantitative estimate of drug-likeness (QED) is 0.614. The summed E-state index contributed by atoms with van der Waals surface area (Å²) >= 11 is 0. The van der Waals surface area contributed by atoms with Crippen molar-refractivity contribution in [2.75, 3.05) is 26.2 Å². The first kappa shape index (κ1) is 15.0. The van der Waals surface area contributed by atoms with Crippen LogP contribution in [0.2, 0.25) is 0 Å². The third-order valence-electron chi connectivity index (χ3n) is 3.72. The summed E-state index contributed by atoms with van der Waals surface area (Å²) < 4.78 is 5.26. The molecule has 112 valence electrons. The zero-order chi connectivity index (χ0) is 14.4. The lowest BCUT2D eigenvalue weighted by molar-refractivity contribution is -0.402. The van der Waals surface area contributed by atoms with Crippen LogP contribution in [-0.4, -0.2) is 36.0 Å². The molecule has 0 bridgehead atoms. The van der Waals surface area contributed by atoms with Crippen molar-refractivity contribution in [3.05, 3.63) is 28.0 Å². The number of hydrogen-bond donors (Lipinski definition) is 1. The third-order valence-corrected chi connectivity index (χ3v) is 3.72. The van der Waals surface area contributed by atoms with E-state index in [1.807, 2.05) is 0 Å². The summed E-state index contributed by atoms with van der Waals surface area (Å²) in [6, 6.07) is 3.15. The minimum absolute atomic E-state index is 0.168. The van der Waals surface area contributed by atoms with E-state index in [0.717, 1.165) is 32.6 Å². The number of rotatable bonds is 7. The highest BCUT2D eigenvalue weighted by Crippen LogP contribution is 2.19. The van der Waals surface area contributed by atoms with Gasteiger partial charge in [-0.3, -0.25) is 15.0 Å². The molecule has 1 aliphatic heterocycles. The fourth-order valence-electron chi connectivity index (χ4n) is 2.75. The molecule has 20 heavy (non-hydrogen) atoms. The Kier molecular flexibility index (Phi) is 5.55. The number of nitro groups is 1. The van der Waals surface area contributed by atoms with E-state index in [-0.39, 0.29) is 5.88 Å². The lowest BCUT2D eigenvalue weighted by atomic mass is 9.97. The fraction of sp³-hybridized carbons (Fsp3) is 0.714. The SMILES string of the molecule is CCCN(Cc1ccc([N+](=O)[O-])o1)CC1CCNCC1. The van der Waals surface area contributed by atoms with Gasteiger partial charge in [0.2, 0.25) is 0 Å². The maximum absolute atomic E-state index is 10.6. The van der Waals surface area contributed by atoms with Gasteiger partial charge < -0.3 is 9.73 Å². The first-order valence-corrected chi connectivity index (χ1v) is 7.35. The summed E-state index contributed by atoms with van der Waals surface area (Å²) in [4.78, 5) is 12.5. The van der Waals surface area contributed by atoms with Crippen molar-refractivity contribution in [1.29, 1.82) is 0 Å². The normalized spacial score (nSPS) is 16.7. The van der Waals surface area contributed by atoms with Crippen LogP contribution in [0.25, 0.3) is 0 Å². The first-order valence-electron chi connectivity index (χ1n) is 7.35. The summed E-state index contributed by atoms with van der Waals surface area (Å²) in [7, 11) is 0. The molecule has 2 heterocycles. The van der Waals surface area contributed by atoms with Gasteiger partial charge in [-0.05, 0) is 50.9 Å². The van der Waals surface area contributed by atoms with Crippen LogP contribution >= 0.6 is 0 Å². The van der Waals surface area contributed by atoms with Gasteiger partial charge in [0, 0.05) is 6.54 Å². The summed E-state index contributed by atoms with van der Waals surface area (Å²) in [5.41, 5.74) is 0. The van der Waals surface area contributed by atoms with E-state index >= 15 is 0 Å². The van der Waals surface area contributed by atoms with Crippen molar-refractivity contribution >= 4 is 5.88 Å². The van der Waals surface area contributed by atoms with Crippen LogP contribution in [0.15, 0.2) is 16.5 Å². The lowest BCUT2D eigenvalue weighted by Crippen LogP contribution is -2.36. The van der Waals surface area contributed by atoms with Crippen molar-refractivity contribution in [3.8, 4) is 0 Å². The molecule has 0 radical (unpaired) electrons. The zero-order valence-electron chi connectivity index (χ0n) is 12.0. The molecule has 1 fully saturated rings. The average Bonchev–Trinajstić information content (AvgIpc) is 2.89. The number of furan rings is 1. The Bertz CT molecular complexity index is 427. The molecular formula is C14H23N3O3. The molecule has 2 rings (SSSR count). The smallest absolute Gasteiger partial charge is 0.404 e. The summed E-state index contributed by atoms with van der Waals surface area (Å²) in [5, 5.41) is 14.0. The van der Waals surface area contributed by atoms with Gasteiger partial charge in [-0.15, -0.1) is 0 Å². The Hall–Kier alpha value is -1.40. The highest BCUT2D eigenvalue weighted by atomic mass is 16.6. The van der Waals surface area contributed by atoms with E-state index in [1.54, 1.807) is 6.07 Å². The minimum atomic E-state index is -0.486. The van der Waals surface area contributed by atoms with E-state index in [9.17, 15) is 10.1 Å². The molecule has 0 spiro atoms. The summed E-state index contributed by atoms with van der Waals surface area (Å²) in [5.74, 6) is 1.23. The van der Waals surface area contributed by atoms with E-state index < -0.39 is 4.92 Å². The van der Waals surface area contributed by atoms with Crippen molar-refractivity contribution in [3.63, 3.8) is 0 Å². The van der Waals surface area contributed by atoms with Crippen LogP contribution in [0.4, 0.5) is 5.88 Å². The van der Waals surface area contributed by atoms with Gasteiger partial charge in [0.1, 0.15) is 10.7 Å². The maximum Gasteiger partial charge on any atom is 0.433 e. The van der Waals surface area contributed by atoms with Crippen LogP contribution in [0, 0.1) is 16.0 Å². The highest BCUT2D eigenvalue weighted by Gasteiger charge is 2.19. The number of hydrogen-bond acceptors (Lipinski definition) is 5. The van der Waals surface area contributed by atoms with E-state index in [0.29, 0.717) is 18.2 Å². The molecule has 1 saturated heterocycles. The molecule has 6 heteroatoms. The molecule has 0 atom stereocenters. The van der Waals surface area contributed by atoms with Crippen molar-refractivity contribution in [2.24, 2.45) is 5.92 Å². The lowest BCUT2D eigenvalue weighted by Gasteiger charge is -2.29. The van der Waals surface area contributed by atoms with Crippen molar-refractivity contribution < 1.29 is 9.34 Å². The fourth-order valence-corrected chi connectivity index (χ4v) is 2.75. The largest absolute Gasteiger partial charge is 0.433 e. The Morgan fingerprint density at radius 1 is 1.45 bits per heavy atom. The molecule has 1 aromatic rings. The van der Waals surface area contributed by atoms with Gasteiger partial charge >= 0.3 is 5.88 Å². The number of nitrogens with zero attached hydrogens (tertiary/aromatic N) is 2. The molecule has 0 aromatic carbocycles. The molecule has 0 unspecified atom stereocenters. The molecule has 0 amide bonds. The topological polar surface area (TPSA) is 71.5 Å². The van der Waals surface area contributed by atoms with Crippen LogP contribution in [0.3, 0.4) is 0 Å². The Morgan fingerprint density at radius 2 is 2.20 bits per heavy atom. The van der Waals surface area contributed by atoms with Gasteiger partial charge in [-0.2, -0.15) is 0 Å². The first-order chi connectivity index (χ1) is 9.69. The second-order valence-corrected chi connectivity index (χ2v) is 5.43. The molecule has 0 saturated carbocycles. The van der Waals surface area contributed by atoms with Gasteiger partial charge in [0.15, 0.2) is 0 Å². The third kappa shape index (κ3) is 4.31. The molecule has 6 nitrogen and oxygen atoms in total. The Morgan fingerprint density at radius 3 is 2.80 bits per heavy atom. The van der Waals surface area contributed by atoms with Crippen LogP contribution in [-0.2, 0) is 6.54 Å². The van der Waals surface area contributed by atoms with Crippen molar-refractivity contribution in [1.82, 2.24) is 10.2 Å². The van der Waals surface area contributed by atoms with Crippen molar-refractivity contribution in [2.45, 2.75) is 32.7 Å². The maximum atomic E-state index is 10.6. The minimum Gasteiger partial charge on any atom is -0.404 e. The zero-order valence-corrected chi connectivity index (χ0v) is 12.0. The standard InChI is InChI=1S/C14H23N3O3/c1-2-9-16(10-12-5-7-15-8-6-12)11-13-3-4-14(20-13)17(18)19/h3-4,12,15H,2,5-11H2,1H3. The van der Waals surface area contributed by atoms with Crippen LogP contribution in [0.5, 0.6) is 0 Å². The summed E-state index contributed by atoms with van der Waals surface area (Å²) in [6.45, 7) is 7.04. The van der Waals surface area contributed by atoms with Gasteiger partial charge in [0.25, 0.3) is 0 Å². The molecule has 0 aliphatic carbocycles. The van der Waals surface area contributed by atoms with E-state index in [1.165, 1.54) is 18.9 Å². The highest BCUT2D eigenvalue weighted by molar-refractivity contribution is 5.17. The second kappa shape index (κ2) is 7.40. The molecule has 1 N–H and O–H groups in total. The molecule has 1 aliphatic rings. The molecule has 1 aromatic heterocycles. The van der Waals surface area contributed by atoms with Gasteiger partial charge in [-0.1, -0.05) is 6.92 Å². The molecular weight excluding hydrogens is 258 g/mol. The predicted molar refractivity (Wildman–Crippen MR) is 76.5 cm³/mol. The van der Waals surface area contributed by atoms with E-state index in [4.69, 9.17) is 4.42 Å². The monoisotopic (exact) mass is 281 g/mol. The number of nitrogens with one attached hydrogen (secondary N) is 1. The van der Waals surface area contributed by atoms with Crippen LogP contribution in [0.1, 0.15) is 31.9 Å². The van der Waals surface area contributed by atoms with Gasteiger partial charge in [0.05, 0.1) is 12.6 Å². The van der Waals surface area contributed by atoms with E-state index in [2.05, 4.69) is 17.1 Å². The van der Waals surface area contributed by atoms with Gasteiger partial charge in [-0.25, -0.2) is 0 Å². The second-order valence-electron chi connectivity index (χ2n) is 5.43. The predicted octanol–water partition coefficient (Wildman–Crippen LogP) is 2.40. The Balaban J connectivity index is 1.91. The average molecular weight is 281 g/mol. The Labute approximate surface area is 119 Å².